The smallest absolute Gasteiger partial charge is 0.190 e. The van der Waals surface area contributed by atoms with Crippen molar-refractivity contribution in [1.29, 1.82) is 0 Å². The van der Waals surface area contributed by atoms with Gasteiger partial charge in [-0.05, 0) is 37.9 Å². The summed E-state index contributed by atoms with van der Waals surface area (Å²) in [6.45, 7) is 0.936. The van der Waals surface area contributed by atoms with Crippen LogP contribution in [0.15, 0.2) is 18.2 Å². The van der Waals surface area contributed by atoms with Crippen molar-refractivity contribution in [3.63, 3.8) is 0 Å². The van der Waals surface area contributed by atoms with E-state index in [1.165, 1.54) is 18.2 Å². The van der Waals surface area contributed by atoms with Gasteiger partial charge in [-0.3, -0.25) is 0 Å². The number of ether oxygens (including phenoxy) is 1. The van der Waals surface area contributed by atoms with Crippen LogP contribution in [0.2, 0.25) is 0 Å². The number of nitrogens with two attached hydrogens (primary N) is 1. The Hall–Kier alpha value is -1.16. The van der Waals surface area contributed by atoms with Gasteiger partial charge in [-0.2, -0.15) is 0 Å². The van der Waals surface area contributed by atoms with E-state index in [2.05, 4.69) is 0 Å². The van der Waals surface area contributed by atoms with Crippen molar-refractivity contribution in [2.75, 3.05) is 13.2 Å². The fourth-order valence-corrected chi connectivity index (χ4v) is 1.80. The van der Waals surface area contributed by atoms with E-state index in [1.807, 2.05) is 0 Å². The molecule has 0 saturated heterocycles. The molecule has 2 N–H and O–H groups in total. The van der Waals surface area contributed by atoms with Crippen molar-refractivity contribution in [2.45, 2.75) is 19.3 Å². The first-order valence-corrected chi connectivity index (χ1v) is 5.44. The van der Waals surface area contributed by atoms with Crippen LogP contribution in [-0.4, -0.2) is 13.2 Å². The number of hydrogen-bond acceptors (Lipinski definition) is 2. The zero-order valence-electron chi connectivity index (χ0n) is 9.01. The first-order chi connectivity index (χ1) is 7.67. The minimum atomic E-state index is -0.649. The van der Waals surface area contributed by atoms with Gasteiger partial charge >= 0.3 is 0 Å². The molecule has 0 aromatic heterocycles. The molecule has 0 aliphatic heterocycles. The highest BCUT2D eigenvalue weighted by Crippen LogP contribution is 2.48. The Balaban J connectivity index is 2.00. The second kappa shape index (κ2) is 4.37. The maximum Gasteiger partial charge on any atom is 0.190 e. The SMILES string of the molecule is NCCC1(COc2c(F)cccc2F)CC1. The van der Waals surface area contributed by atoms with Crippen LogP contribution in [0.3, 0.4) is 0 Å². The standard InChI is InChI=1S/C12H15F2NO/c13-9-2-1-3-10(14)11(9)16-8-12(4-5-12)6-7-15/h1-3H,4-8,15H2. The molecule has 1 aliphatic rings. The Kier molecular flexibility index (Phi) is 3.10. The normalized spacial score (nSPS) is 17.2. The lowest BCUT2D eigenvalue weighted by atomic mass is 10.0. The van der Waals surface area contributed by atoms with E-state index in [9.17, 15) is 8.78 Å². The van der Waals surface area contributed by atoms with Crippen LogP contribution < -0.4 is 10.5 Å². The van der Waals surface area contributed by atoms with E-state index in [1.54, 1.807) is 0 Å². The Morgan fingerprint density at radius 2 is 1.88 bits per heavy atom. The van der Waals surface area contributed by atoms with E-state index in [4.69, 9.17) is 10.5 Å². The Morgan fingerprint density at radius 3 is 2.38 bits per heavy atom. The Labute approximate surface area is 93.4 Å². The monoisotopic (exact) mass is 227 g/mol. The highest BCUT2D eigenvalue weighted by Gasteiger charge is 2.42. The largest absolute Gasteiger partial charge is 0.487 e. The molecular weight excluding hydrogens is 212 g/mol. The number of hydrogen-bond donors (Lipinski definition) is 1. The maximum atomic E-state index is 13.2. The van der Waals surface area contributed by atoms with E-state index < -0.39 is 11.6 Å². The summed E-state index contributed by atoms with van der Waals surface area (Å²) in [5.74, 6) is -1.57. The molecule has 1 aromatic rings. The first-order valence-electron chi connectivity index (χ1n) is 5.44. The average Bonchev–Trinajstić information content (AvgIpc) is 2.98. The third-order valence-corrected chi connectivity index (χ3v) is 3.07. The van der Waals surface area contributed by atoms with Crippen LogP contribution in [-0.2, 0) is 0 Å². The topological polar surface area (TPSA) is 35.2 Å². The molecular formula is C12H15F2NO. The lowest BCUT2D eigenvalue weighted by molar-refractivity contribution is 0.209. The van der Waals surface area contributed by atoms with Crippen LogP contribution in [0.25, 0.3) is 0 Å². The molecule has 4 heteroatoms. The maximum absolute atomic E-state index is 13.2. The molecule has 16 heavy (non-hydrogen) atoms. The van der Waals surface area contributed by atoms with Gasteiger partial charge in [0.1, 0.15) is 0 Å². The summed E-state index contributed by atoms with van der Waals surface area (Å²) >= 11 is 0. The van der Waals surface area contributed by atoms with Crippen molar-refractivity contribution in [3.8, 4) is 5.75 Å². The second-order valence-corrected chi connectivity index (χ2v) is 4.38. The summed E-state index contributed by atoms with van der Waals surface area (Å²) in [5, 5.41) is 0. The van der Waals surface area contributed by atoms with E-state index in [0.29, 0.717) is 13.2 Å². The summed E-state index contributed by atoms with van der Waals surface area (Å²) in [5.41, 5.74) is 5.54. The number of halogens is 2. The quantitative estimate of drug-likeness (QED) is 0.838. The molecule has 2 nitrogen and oxygen atoms in total. The summed E-state index contributed by atoms with van der Waals surface area (Å²) in [6.07, 6.45) is 2.91. The number of rotatable bonds is 5. The van der Waals surface area contributed by atoms with Crippen LogP contribution in [0.4, 0.5) is 8.78 Å². The number of benzene rings is 1. The predicted molar refractivity (Wildman–Crippen MR) is 57.2 cm³/mol. The zero-order chi connectivity index (χ0) is 11.6. The average molecular weight is 227 g/mol. The van der Waals surface area contributed by atoms with Gasteiger partial charge in [0.2, 0.25) is 0 Å². The first kappa shape index (κ1) is 11.3. The van der Waals surface area contributed by atoms with Gasteiger partial charge in [-0.15, -0.1) is 0 Å². The molecule has 0 heterocycles. The molecule has 1 saturated carbocycles. The van der Waals surface area contributed by atoms with Gasteiger partial charge in [-0.25, -0.2) is 8.78 Å². The van der Waals surface area contributed by atoms with Crippen LogP contribution in [0.5, 0.6) is 5.75 Å². The minimum Gasteiger partial charge on any atom is -0.487 e. The summed E-state index contributed by atoms with van der Waals surface area (Å²) in [4.78, 5) is 0. The lowest BCUT2D eigenvalue weighted by Crippen LogP contribution is -2.18. The molecule has 88 valence electrons. The molecule has 0 atom stereocenters. The molecule has 1 fully saturated rings. The fourth-order valence-electron chi connectivity index (χ4n) is 1.80. The summed E-state index contributed by atoms with van der Waals surface area (Å²) in [7, 11) is 0. The zero-order valence-corrected chi connectivity index (χ0v) is 9.01. The molecule has 0 spiro atoms. The Bertz CT molecular complexity index is 357. The van der Waals surface area contributed by atoms with Crippen LogP contribution in [0, 0.1) is 17.0 Å². The number of para-hydroxylation sites is 1. The van der Waals surface area contributed by atoms with E-state index in [-0.39, 0.29) is 11.2 Å². The highest BCUT2D eigenvalue weighted by atomic mass is 19.1. The van der Waals surface area contributed by atoms with Gasteiger partial charge in [0.05, 0.1) is 6.61 Å². The van der Waals surface area contributed by atoms with Gasteiger partial charge in [0.15, 0.2) is 17.4 Å². The summed E-state index contributed by atoms with van der Waals surface area (Å²) < 4.78 is 31.7. The van der Waals surface area contributed by atoms with Gasteiger partial charge < -0.3 is 10.5 Å². The summed E-state index contributed by atoms with van der Waals surface area (Å²) in [6, 6.07) is 3.71. The minimum absolute atomic E-state index is 0.0590. The second-order valence-electron chi connectivity index (χ2n) is 4.38. The van der Waals surface area contributed by atoms with E-state index in [0.717, 1.165) is 19.3 Å². The van der Waals surface area contributed by atoms with Crippen LogP contribution >= 0.6 is 0 Å². The van der Waals surface area contributed by atoms with Crippen molar-refractivity contribution >= 4 is 0 Å². The fraction of sp³-hybridized carbons (Fsp3) is 0.500. The van der Waals surface area contributed by atoms with Crippen molar-refractivity contribution in [2.24, 2.45) is 11.1 Å². The molecule has 0 bridgehead atoms. The van der Waals surface area contributed by atoms with Gasteiger partial charge in [0.25, 0.3) is 0 Å². The molecule has 0 unspecified atom stereocenters. The molecule has 1 aliphatic carbocycles. The third kappa shape index (κ3) is 2.32. The lowest BCUT2D eigenvalue weighted by Gasteiger charge is -2.15. The Morgan fingerprint density at radius 1 is 1.25 bits per heavy atom. The van der Waals surface area contributed by atoms with Crippen molar-refractivity contribution in [1.82, 2.24) is 0 Å². The van der Waals surface area contributed by atoms with Gasteiger partial charge in [0, 0.05) is 5.41 Å². The van der Waals surface area contributed by atoms with Crippen LogP contribution in [0.1, 0.15) is 19.3 Å². The van der Waals surface area contributed by atoms with Crippen molar-refractivity contribution in [3.05, 3.63) is 29.8 Å². The molecule has 1 aromatic carbocycles. The molecule has 2 rings (SSSR count). The van der Waals surface area contributed by atoms with E-state index >= 15 is 0 Å². The third-order valence-electron chi connectivity index (χ3n) is 3.07. The van der Waals surface area contributed by atoms with Crippen molar-refractivity contribution < 1.29 is 13.5 Å². The molecule has 0 amide bonds. The predicted octanol–water partition coefficient (Wildman–Crippen LogP) is 2.47. The van der Waals surface area contributed by atoms with Gasteiger partial charge in [-0.1, -0.05) is 6.07 Å². The molecule has 0 radical (unpaired) electrons. The highest BCUT2D eigenvalue weighted by molar-refractivity contribution is 5.26.